The molecular weight excluding hydrogens is 462 g/mol. The molecule has 3 rings (SSSR count). The van der Waals surface area contributed by atoms with Gasteiger partial charge in [-0.2, -0.15) is 0 Å². The average Bonchev–Trinajstić information content (AvgIpc) is 2.84. The number of aryl methyl sites for hydroxylation is 1. The van der Waals surface area contributed by atoms with Crippen molar-refractivity contribution >= 4 is 29.0 Å². The number of nitrogen functional groups attached to an aromatic ring is 1. The van der Waals surface area contributed by atoms with Crippen LogP contribution in [0, 0.1) is 0 Å². The topological polar surface area (TPSA) is 137 Å². The van der Waals surface area contributed by atoms with Crippen LogP contribution in [0.25, 0.3) is 0 Å². The van der Waals surface area contributed by atoms with Crippen molar-refractivity contribution in [3.05, 3.63) is 50.7 Å². The molecule has 2 heterocycles. The number of hydrogen-bond acceptors (Lipinski definition) is 7. The van der Waals surface area contributed by atoms with E-state index >= 15 is 0 Å². The number of nitrogens with two attached hydrogens (primary N) is 1. The van der Waals surface area contributed by atoms with Gasteiger partial charge in [-0.25, -0.2) is 4.79 Å². The van der Waals surface area contributed by atoms with E-state index < -0.39 is 11.2 Å². The number of benzene rings is 1. The minimum atomic E-state index is -0.610. The summed E-state index contributed by atoms with van der Waals surface area (Å²) in [5, 5.41) is 2.98. The third-order valence-corrected chi connectivity index (χ3v) is 6.47. The zero-order valence-electron chi connectivity index (χ0n) is 21.4. The minimum absolute atomic E-state index is 0.0481. The van der Waals surface area contributed by atoms with Crippen molar-refractivity contribution in [1.29, 1.82) is 0 Å². The largest absolute Gasteiger partial charge is 0.383 e. The van der Waals surface area contributed by atoms with Gasteiger partial charge in [0.05, 0.1) is 13.1 Å². The lowest BCUT2D eigenvalue weighted by Gasteiger charge is -2.35. The maximum absolute atomic E-state index is 12.9. The molecule has 0 atom stereocenters. The van der Waals surface area contributed by atoms with Crippen LogP contribution in [0.2, 0.25) is 0 Å². The Hall–Kier alpha value is -3.60. The molecule has 0 bridgehead atoms. The van der Waals surface area contributed by atoms with Crippen LogP contribution in [0.1, 0.15) is 32.3 Å². The predicted octanol–water partition coefficient (Wildman–Crippen LogP) is 0.700. The zero-order chi connectivity index (χ0) is 26.2. The molecule has 1 aliphatic rings. The van der Waals surface area contributed by atoms with Crippen LogP contribution in [0.4, 0.5) is 17.2 Å². The van der Waals surface area contributed by atoms with Crippen molar-refractivity contribution < 1.29 is 9.59 Å². The quantitative estimate of drug-likeness (QED) is 0.438. The second-order valence-corrected chi connectivity index (χ2v) is 9.07. The monoisotopic (exact) mass is 499 g/mol. The van der Waals surface area contributed by atoms with Gasteiger partial charge in [-0.3, -0.25) is 28.8 Å². The van der Waals surface area contributed by atoms with E-state index in [9.17, 15) is 19.2 Å². The lowest BCUT2D eigenvalue weighted by Crippen LogP contribution is -2.52. The van der Waals surface area contributed by atoms with Crippen molar-refractivity contribution in [1.82, 2.24) is 19.4 Å². The molecule has 1 fully saturated rings. The molecule has 11 heteroatoms. The highest BCUT2D eigenvalue weighted by Crippen LogP contribution is 2.17. The number of aromatic nitrogens is 2. The van der Waals surface area contributed by atoms with Gasteiger partial charge in [0.1, 0.15) is 11.5 Å². The van der Waals surface area contributed by atoms with E-state index in [1.54, 1.807) is 11.9 Å². The molecule has 0 unspecified atom stereocenters. The first-order valence-electron chi connectivity index (χ1n) is 12.5. The molecule has 1 aliphatic heterocycles. The highest BCUT2D eigenvalue weighted by Gasteiger charge is 2.25. The number of amides is 2. The molecule has 0 aliphatic carbocycles. The Kier molecular flexibility index (Phi) is 9.29. The Balaban J connectivity index is 1.54. The third-order valence-electron chi connectivity index (χ3n) is 6.47. The Bertz CT molecular complexity index is 1180. The third kappa shape index (κ3) is 6.54. The first-order chi connectivity index (χ1) is 17.2. The summed E-state index contributed by atoms with van der Waals surface area (Å²) in [7, 11) is 1.61. The number of nitrogens with one attached hydrogen (secondary N) is 2. The first-order valence-corrected chi connectivity index (χ1v) is 12.5. The van der Waals surface area contributed by atoms with Crippen LogP contribution in [0.15, 0.2) is 33.9 Å². The van der Waals surface area contributed by atoms with Gasteiger partial charge in [0.25, 0.3) is 5.56 Å². The van der Waals surface area contributed by atoms with Gasteiger partial charge in [-0.15, -0.1) is 0 Å². The second-order valence-electron chi connectivity index (χ2n) is 9.07. The van der Waals surface area contributed by atoms with Gasteiger partial charge in [-0.1, -0.05) is 38.5 Å². The summed E-state index contributed by atoms with van der Waals surface area (Å²) >= 11 is 0. The Morgan fingerprint density at radius 1 is 1.11 bits per heavy atom. The fourth-order valence-electron chi connectivity index (χ4n) is 4.37. The van der Waals surface area contributed by atoms with Gasteiger partial charge >= 0.3 is 5.69 Å². The van der Waals surface area contributed by atoms with Gasteiger partial charge in [0.2, 0.25) is 11.8 Å². The molecule has 1 saturated heterocycles. The standard InChI is InChI=1S/C25H37N7O4/c1-4-6-11-32-23(26)22(24(35)28-25(32)36)29(3)17-21(34)31-14-12-30(13-15-31)16-20(33)27-19-10-8-7-9-18(19)5-2/h7-10H,4-6,11-17,26H2,1-3H3,(H,27,33)(H,28,35,36). The lowest BCUT2D eigenvalue weighted by molar-refractivity contribution is -0.131. The molecule has 2 amide bonds. The molecule has 1 aromatic carbocycles. The van der Waals surface area contributed by atoms with E-state index in [1.807, 2.05) is 43.0 Å². The molecule has 4 N–H and O–H groups in total. The fraction of sp³-hybridized carbons (Fsp3) is 0.520. The fourth-order valence-corrected chi connectivity index (χ4v) is 4.37. The SMILES string of the molecule is CCCCn1c(N)c(N(C)CC(=O)N2CCN(CC(=O)Nc3ccccc3CC)CC2)c(=O)[nH]c1=O. The normalized spacial score (nSPS) is 14.0. The molecule has 0 radical (unpaired) electrons. The number of aromatic amines is 1. The van der Waals surface area contributed by atoms with E-state index in [0.29, 0.717) is 32.7 Å². The van der Waals surface area contributed by atoms with E-state index in [4.69, 9.17) is 5.73 Å². The Labute approximate surface area is 210 Å². The minimum Gasteiger partial charge on any atom is -0.383 e. The van der Waals surface area contributed by atoms with Crippen LogP contribution in [-0.2, 0) is 22.6 Å². The van der Waals surface area contributed by atoms with Crippen molar-refractivity contribution in [3.8, 4) is 0 Å². The molecule has 196 valence electrons. The molecule has 0 saturated carbocycles. The number of para-hydroxylation sites is 1. The highest BCUT2D eigenvalue weighted by atomic mass is 16.2. The second kappa shape index (κ2) is 12.4. The Morgan fingerprint density at radius 3 is 2.47 bits per heavy atom. The van der Waals surface area contributed by atoms with E-state index in [1.165, 1.54) is 9.47 Å². The number of carbonyl (C=O) groups excluding carboxylic acids is 2. The number of carbonyl (C=O) groups is 2. The summed E-state index contributed by atoms with van der Waals surface area (Å²) in [6.07, 6.45) is 2.45. The number of nitrogens with zero attached hydrogens (tertiary/aromatic N) is 4. The summed E-state index contributed by atoms with van der Waals surface area (Å²) in [6.45, 7) is 6.75. The van der Waals surface area contributed by atoms with E-state index in [0.717, 1.165) is 30.5 Å². The zero-order valence-corrected chi connectivity index (χ0v) is 21.4. The van der Waals surface area contributed by atoms with Crippen molar-refractivity contribution in [3.63, 3.8) is 0 Å². The average molecular weight is 500 g/mol. The molecule has 11 nitrogen and oxygen atoms in total. The maximum atomic E-state index is 12.9. The Morgan fingerprint density at radius 2 is 1.81 bits per heavy atom. The first kappa shape index (κ1) is 27.0. The number of anilines is 3. The highest BCUT2D eigenvalue weighted by molar-refractivity contribution is 5.93. The van der Waals surface area contributed by atoms with Crippen LogP contribution < -0.4 is 27.2 Å². The van der Waals surface area contributed by atoms with Gasteiger partial charge in [0.15, 0.2) is 0 Å². The number of piperazine rings is 1. The number of H-pyrrole nitrogens is 1. The molecule has 0 spiro atoms. The smallest absolute Gasteiger partial charge is 0.330 e. The molecule has 2 aromatic rings. The van der Waals surface area contributed by atoms with Crippen molar-refractivity contribution in [2.45, 2.75) is 39.7 Å². The van der Waals surface area contributed by atoms with Crippen LogP contribution in [0.3, 0.4) is 0 Å². The summed E-state index contributed by atoms with van der Waals surface area (Å²) in [6, 6.07) is 7.75. The molecule has 1 aromatic heterocycles. The summed E-state index contributed by atoms with van der Waals surface area (Å²) < 4.78 is 1.34. The van der Waals surface area contributed by atoms with Crippen molar-refractivity contribution in [2.24, 2.45) is 0 Å². The van der Waals surface area contributed by atoms with Gasteiger partial charge in [0, 0.05) is 45.5 Å². The molecule has 36 heavy (non-hydrogen) atoms. The van der Waals surface area contributed by atoms with E-state index in [2.05, 4.69) is 10.3 Å². The lowest BCUT2D eigenvalue weighted by atomic mass is 10.1. The maximum Gasteiger partial charge on any atom is 0.330 e. The van der Waals surface area contributed by atoms with Crippen LogP contribution in [-0.4, -0.2) is 77.5 Å². The summed E-state index contributed by atoms with van der Waals surface area (Å²) in [5.41, 5.74) is 7.02. The van der Waals surface area contributed by atoms with Crippen LogP contribution >= 0.6 is 0 Å². The van der Waals surface area contributed by atoms with Crippen molar-refractivity contribution in [2.75, 3.05) is 62.3 Å². The molecular formula is C25H37N7O4. The number of rotatable bonds is 10. The van der Waals surface area contributed by atoms with Crippen LogP contribution in [0.5, 0.6) is 0 Å². The number of hydrogen-bond donors (Lipinski definition) is 3. The van der Waals surface area contributed by atoms with Gasteiger partial charge in [-0.05, 0) is 24.5 Å². The summed E-state index contributed by atoms with van der Waals surface area (Å²) in [4.78, 5) is 57.6. The summed E-state index contributed by atoms with van der Waals surface area (Å²) in [5.74, 6) is -0.167. The number of likely N-dealkylation sites (N-methyl/N-ethyl adjacent to an activating group) is 1. The van der Waals surface area contributed by atoms with E-state index in [-0.39, 0.29) is 36.4 Å². The number of unbranched alkanes of at least 4 members (excludes halogenated alkanes) is 1. The van der Waals surface area contributed by atoms with Gasteiger partial charge < -0.3 is 20.9 Å². The predicted molar refractivity (Wildman–Crippen MR) is 141 cm³/mol.